The van der Waals surface area contributed by atoms with Gasteiger partial charge in [0.25, 0.3) is 0 Å². The zero-order valence-corrected chi connectivity index (χ0v) is 14.2. The van der Waals surface area contributed by atoms with E-state index in [1.54, 1.807) is 0 Å². The van der Waals surface area contributed by atoms with Gasteiger partial charge in [0, 0.05) is 12.3 Å². The summed E-state index contributed by atoms with van der Waals surface area (Å²) in [5.74, 6) is 1.01. The quantitative estimate of drug-likeness (QED) is 0.740. The van der Waals surface area contributed by atoms with E-state index >= 15 is 0 Å². The van der Waals surface area contributed by atoms with Gasteiger partial charge < -0.3 is 0 Å². The van der Waals surface area contributed by atoms with Gasteiger partial charge in [-0.25, -0.2) is 0 Å². The third-order valence-electron chi connectivity index (χ3n) is 5.07. The lowest BCUT2D eigenvalue weighted by atomic mass is 9.72. The highest BCUT2D eigenvalue weighted by Crippen LogP contribution is 2.38. The Labute approximate surface area is 139 Å². The molecule has 2 atom stereocenters. The van der Waals surface area contributed by atoms with E-state index in [1.807, 2.05) is 0 Å². The van der Waals surface area contributed by atoms with Gasteiger partial charge in [-0.2, -0.15) is 0 Å². The molecule has 0 spiro atoms. The van der Waals surface area contributed by atoms with Crippen molar-refractivity contribution in [1.82, 2.24) is 0 Å². The summed E-state index contributed by atoms with van der Waals surface area (Å²) in [7, 11) is 0. The van der Waals surface area contributed by atoms with E-state index in [-0.39, 0.29) is 5.92 Å². The smallest absolute Gasteiger partial charge is 0.140 e. The maximum Gasteiger partial charge on any atom is 0.140 e. The van der Waals surface area contributed by atoms with E-state index in [1.165, 1.54) is 35.1 Å². The molecule has 1 aliphatic rings. The molecule has 0 aliphatic heterocycles. The third-order valence-corrected chi connectivity index (χ3v) is 5.07. The monoisotopic (exact) mass is 306 g/mol. The molecular formula is C22H26O. The van der Waals surface area contributed by atoms with E-state index < -0.39 is 0 Å². The Balaban J connectivity index is 1.79. The van der Waals surface area contributed by atoms with Crippen molar-refractivity contribution in [2.24, 2.45) is 5.92 Å². The summed E-state index contributed by atoms with van der Waals surface area (Å²) in [6.07, 6.45) is 5.20. The number of benzene rings is 2. The van der Waals surface area contributed by atoms with Crippen molar-refractivity contribution in [3.63, 3.8) is 0 Å². The van der Waals surface area contributed by atoms with Gasteiger partial charge in [-0.3, -0.25) is 4.79 Å². The van der Waals surface area contributed by atoms with Crippen molar-refractivity contribution in [2.45, 2.75) is 51.9 Å². The van der Waals surface area contributed by atoms with E-state index in [0.717, 1.165) is 12.8 Å². The summed E-state index contributed by atoms with van der Waals surface area (Å²) >= 11 is 0. The number of Topliss-reactive ketones (excluding diaryl/α,β-unsaturated/α-hetero) is 1. The number of ketones is 1. The molecule has 1 nitrogen and oxygen atoms in total. The van der Waals surface area contributed by atoms with Crippen LogP contribution in [0.2, 0.25) is 0 Å². The Morgan fingerprint density at radius 2 is 1.61 bits per heavy atom. The van der Waals surface area contributed by atoms with E-state index in [0.29, 0.717) is 18.1 Å². The lowest BCUT2D eigenvalue weighted by molar-refractivity contribution is -0.123. The lowest BCUT2D eigenvalue weighted by Gasteiger charge is -2.31. The predicted molar refractivity (Wildman–Crippen MR) is 95.8 cm³/mol. The molecule has 2 aromatic rings. The Bertz CT molecular complexity index is 651. The second-order valence-electron chi connectivity index (χ2n) is 7.05. The SMILES string of the molecule is Cc1cc(C)cc(CC(=O)C2CCCCC2c2ccccc2)c1. The Kier molecular flexibility index (Phi) is 4.95. The van der Waals surface area contributed by atoms with Crippen molar-refractivity contribution >= 4 is 5.78 Å². The van der Waals surface area contributed by atoms with Gasteiger partial charge in [-0.15, -0.1) is 0 Å². The van der Waals surface area contributed by atoms with Gasteiger partial charge in [0.15, 0.2) is 0 Å². The van der Waals surface area contributed by atoms with Gasteiger partial charge in [-0.1, -0.05) is 72.5 Å². The second kappa shape index (κ2) is 7.12. The minimum Gasteiger partial charge on any atom is -0.299 e. The fourth-order valence-corrected chi connectivity index (χ4v) is 4.12. The van der Waals surface area contributed by atoms with E-state index in [4.69, 9.17) is 0 Å². The molecule has 0 radical (unpaired) electrons. The number of rotatable bonds is 4. The molecule has 23 heavy (non-hydrogen) atoms. The number of carbonyl (C=O) groups is 1. The van der Waals surface area contributed by atoms with Crippen LogP contribution in [-0.2, 0) is 11.2 Å². The highest BCUT2D eigenvalue weighted by Gasteiger charge is 2.31. The fourth-order valence-electron chi connectivity index (χ4n) is 4.12. The fraction of sp³-hybridized carbons (Fsp3) is 0.409. The second-order valence-corrected chi connectivity index (χ2v) is 7.05. The van der Waals surface area contributed by atoms with Crippen LogP contribution in [0.25, 0.3) is 0 Å². The zero-order chi connectivity index (χ0) is 16.2. The molecule has 0 bridgehead atoms. The predicted octanol–water partition coefficient (Wildman–Crippen LogP) is 5.39. The Hall–Kier alpha value is -1.89. The number of aryl methyl sites for hydroxylation is 2. The summed E-state index contributed by atoms with van der Waals surface area (Å²) < 4.78 is 0. The Morgan fingerprint density at radius 3 is 2.30 bits per heavy atom. The van der Waals surface area contributed by atoms with Crippen LogP contribution in [0.4, 0.5) is 0 Å². The first-order valence-corrected chi connectivity index (χ1v) is 8.78. The number of hydrogen-bond acceptors (Lipinski definition) is 1. The molecule has 2 unspecified atom stereocenters. The first kappa shape index (κ1) is 16.0. The minimum atomic E-state index is 0.187. The number of carbonyl (C=O) groups excluding carboxylic acids is 1. The molecule has 0 aromatic heterocycles. The van der Waals surface area contributed by atoms with Crippen LogP contribution >= 0.6 is 0 Å². The maximum atomic E-state index is 13.0. The average molecular weight is 306 g/mol. The molecule has 120 valence electrons. The van der Waals surface area contributed by atoms with E-state index in [2.05, 4.69) is 62.4 Å². The average Bonchev–Trinajstić information content (AvgIpc) is 2.54. The van der Waals surface area contributed by atoms with Crippen molar-refractivity contribution in [1.29, 1.82) is 0 Å². The standard InChI is InChI=1S/C22H26O/c1-16-12-17(2)14-18(13-16)15-22(23)21-11-7-6-10-20(21)19-8-4-3-5-9-19/h3-5,8-9,12-14,20-21H,6-7,10-11,15H2,1-2H3. The molecule has 0 N–H and O–H groups in total. The largest absolute Gasteiger partial charge is 0.299 e. The minimum absolute atomic E-state index is 0.187. The molecule has 1 heteroatoms. The first-order chi connectivity index (χ1) is 11.1. The van der Waals surface area contributed by atoms with Crippen molar-refractivity contribution in [3.8, 4) is 0 Å². The summed E-state index contributed by atoms with van der Waals surface area (Å²) in [6.45, 7) is 4.21. The molecule has 0 saturated heterocycles. The van der Waals surface area contributed by atoms with Crippen molar-refractivity contribution in [3.05, 3.63) is 70.8 Å². The lowest BCUT2D eigenvalue weighted by Crippen LogP contribution is -2.27. The third kappa shape index (κ3) is 3.90. The van der Waals surface area contributed by atoms with Crippen LogP contribution in [0.5, 0.6) is 0 Å². The summed E-state index contributed by atoms with van der Waals surface area (Å²) in [5.41, 5.74) is 5.00. The molecule has 1 saturated carbocycles. The van der Waals surface area contributed by atoms with Crippen molar-refractivity contribution < 1.29 is 4.79 Å². The van der Waals surface area contributed by atoms with Gasteiger partial charge in [-0.05, 0) is 43.7 Å². The van der Waals surface area contributed by atoms with E-state index in [9.17, 15) is 4.79 Å². The first-order valence-electron chi connectivity index (χ1n) is 8.78. The van der Waals surface area contributed by atoms with Gasteiger partial charge in [0.2, 0.25) is 0 Å². The molecule has 0 heterocycles. The van der Waals surface area contributed by atoms with Gasteiger partial charge in [0.05, 0.1) is 0 Å². The molecule has 1 fully saturated rings. The van der Waals surface area contributed by atoms with Gasteiger partial charge >= 0.3 is 0 Å². The van der Waals surface area contributed by atoms with Crippen LogP contribution < -0.4 is 0 Å². The van der Waals surface area contributed by atoms with Crippen LogP contribution in [0.1, 0.15) is 53.9 Å². The van der Waals surface area contributed by atoms with Crippen LogP contribution in [-0.4, -0.2) is 5.78 Å². The molecular weight excluding hydrogens is 280 g/mol. The van der Waals surface area contributed by atoms with Crippen LogP contribution in [0, 0.1) is 19.8 Å². The molecule has 2 aromatic carbocycles. The number of hydrogen-bond donors (Lipinski definition) is 0. The molecule has 1 aliphatic carbocycles. The van der Waals surface area contributed by atoms with Crippen LogP contribution in [0.3, 0.4) is 0 Å². The van der Waals surface area contributed by atoms with Crippen molar-refractivity contribution in [2.75, 3.05) is 0 Å². The summed E-state index contributed by atoms with van der Waals surface area (Å²) in [4.78, 5) is 13.0. The molecule has 3 rings (SSSR count). The maximum absolute atomic E-state index is 13.0. The highest BCUT2D eigenvalue weighted by molar-refractivity contribution is 5.84. The summed E-state index contributed by atoms with van der Waals surface area (Å²) in [5, 5.41) is 0. The normalized spacial score (nSPS) is 21.1. The molecule has 0 amide bonds. The highest BCUT2D eigenvalue weighted by atomic mass is 16.1. The Morgan fingerprint density at radius 1 is 0.957 bits per heavy atom. The topological polar surface area (TPSA) is 17.1 Å². The van der Waals surface area contributed by atoms with Crippen LogP contribution in [0.15, 0.2) is 48.5 Å². The van der Waals surface area contributed by atoms with Gasteiger partial charge in [0.1, 0.15) is 5.78 Å². The zero-order valence-electron chi connectivity index (χ0n) is 14.2. The summed E-state index contributed by atoms with van der Waals surface area (Å²) in [6, 6.07) is 17.1.